The molecular weight excluding hydrogens is 512 g/mol. The highest BCUT2D eigenvalue weighted by molar-refractivity contribution is 7.85. The number of hydrogen-bond donors (Lipinski definition) is 1. The van der Waals surface area contributed by atoms with E-state index in [9.17, 15) is 13.0 Å². The van der Waals surface area contributed by atoms with Crippen molar-refractivity contribution < 1.29 is 13.0 Å². The highest BCUT2D eigenvalue weighted by Crippen LogP contribution is 2.25. The second kappa shape index (κ2) is 25.8. The Balaban J connectivity index is 2.24. The molecule has 0 aliphatic carbocycles. The van der Waals surface area contributed by atoms with E-state index in [0.717, 1.165) is 43.2 Å². The molecule has 4 heteroatoms. The third-order valence-corrected chi connectivity index (χ3v) is 9.53. The molecule has 0 radical (unpaired) electrons. The van der Waals surface area contributed by atoms with Crippen molar-refractivity contribution in [2.24, 2.45) is 0 Å². The van der Waals surface area contributed by atoms with E-state index in [1.807, 2.05) is 0 Å². The predicted molar refractivity (Wildman–Crippen MR) is 175 cm³/mol. The van der Waals surface area contributed by atoms with Gasteiger partial charge in [0.1, 0.15) is 0 Å². The first-order valence-electron chi connectivity index (χ1n) is 17.6. The Morgan fingerprint density at radius 1 is 0.475 bits per heavy atom. The quantitative estimate of drug-likeness (QED) is 0.0759. The van der Waals surface area contributed by atoms with Crippen molar-refractivity contribution in [1.29, 1.82) is 0 Å². The Bertz CT molecular complexity index is 802. The van der Waals surface area contributed by atoms with Crippen LogP contribution in [0.4, 0.5) is 0 Å². The summed E-state index contributed by atoms with van der Waals surface area (Å²) in [6.07, 6.45) is 35.9. The first kappa shape index (κ1) is 37.2. The smallest absolute Gasteiger partial charge is 0.282 e. The molecule has 234 valence electrons. The lowest BCUT2D eigenvalue weighted by molar-refractivity contribution is 0.481. The molecular formula is C36H66O3S. The summed E-state index contributed by atoms with van der Waals surface area (Å²) in [5.41, 5.74) is 1.99. The summed E-state index contributed by atoms with van der Waals surface area (Å²) in [7, 11) is -4.18. The number of hydrogen-bond acceptors (Lipinski definition) is 2. The average Bonchev–Trinajstić information content (AvgIpc) is 2.93. The van der Waals surface area contributed by atoms with Gasteiger partial charge in [-0.2, -0.15) is 8.42 Å². The van der Waals surface area contributed by atoms with Crippen LogP contribution in [0.2, 0.25) is 0 Å². The maximum absolute atomic E-state index is 12.1. The van der Waals surface area contributed by atoms with Crippen molar-refractivity contribution in [3.63, 3.8) is 0 Å². The van der Waals surface area contributed by atoms with Crippen molar-refractivity contribution in [1.82, 2.24) is 0 Å². The van der Waals surface area contributed by atoms with Gasteiger partial charge in [-0.25, -0.2) is 0 Å². The van der Waals surface area contributed by atoms with Gasteiger partial charge in [-0.3, -0.25) is 4.55 Å². The number of rotatable bonds is 29. The molecule has 0 saturated heterocycles. The van der Waals surface area contributed by atoms with Gasteiger partial charge in [-0.1, -0.05) is 180 Å². The molecule has 0 aromatic heterocycles. The van der Waals surface area contributed by atoms with Crippen LogP contribution in [0.3, 0.4) is 0 Å². The summed E-state index contributed by atoms with van der Waals surface area (Å²) in [4.78, 5) is 0.138. The van der Waals surface area contributed by atoms with Gasteiger partial charge in [0, 0.05) is 0 Å². The van der Waals surface area contributed by atoms with Crippen LogP contribution in [0.25, 0.3) is 0 Å². The molecule has 0 aliphatic heterocycles. The molecule has 1 aromatic carbocycles. The Kier molecular flexibility index (Phi) is 24.0. The predicted octanol–water partition coefficient (Wildman–Crippen LogP) is 12.2. The van der Waals surface area contributed by atoms with Crippen LogP contribution in [-0.4, -0.2) is 13.0 Å². The van der Waals surface area contributed by atoms with Crippen molar-refractivity contribution in [2.75, 3.05) is 0 Å². The summed E-state index contributed by atoms with van der Waals surface area (Å²) in [6, 6.07) is 5.46. The van der Waals surface area contributed by atoms with Crippen LogP contribution < -0.4 is 0 Å². The summed E-state index contributed by atoms with van der Waals surface area (Å²) in [5.74, 6) is 0. The van der Waals surface area contributed by atoms with Crippen molar-refractivity contribution in [2.45, 2.75) is 199 Å². The molecule has 0 atom stereocenters. The van der Waals surface area contributed by atoms with Crippen LogP contribution >= 0.6 is 0 Å². The first-order valence-corrected chi connectivity index (χ1v) is 19.0. The van der Waals surface area contributed by atoms with Gasteiger partial charge in [-0.15, -0.1) is 0 Å². The fourth-order valence-electron chi connectivity index (χ4n) is 6.02. The van der Waals surface area contributed by atoms with Crippen LogP contribution in [0.1, 0.15) is 192 Å². The standard InChI is InChI=1S/C36H66O3S/c1-3-5-7-9-11-13-15-17-19-21-23-25-27-30-34-31-29-33-36(40(37,38)39)35(34)32-28-26-24-22-20-18-16-14-12-10-8-6-4-2/h29,31,33H,3-28,30,32H2,1-2H3,(H,37,38,39). The zero-order valence-electron chi connectivity index (χ0n) is 26.7. The van der Waals surface area contributed by atoms with E-state index in [1.165, 1.54) is 148 Å². The fraction of sp³-hybridized carbons (Fsp3) is 0.833. The number of unbranched alkanes of at least 4 members (excludes halogenated alkanes) is 24. The van der Waals surface area contributed by atoms with E-state index in [2.05, 4.69) is 19.9 Å². The third-order valence-electron chi connectivity index (χ3n) is 8.59. The van der Waals surface area contributed by atoms with Crippen LogP contribution in [-0.2, 0) is 23.0 Å². The van der Waals surface area contributed by atoms with Crippen molar-refractivity contribution in [3.05, 3.63) is 29.3 Å². The number of aryl methyl sites for hydroxylation is 1. The van der Waals surface area contributed by atoms with Gasteiger partial charge in [-0.05, 0) is 42.9 Å². The van der Waals surface area contributed by atoms with Crippen LogP contribution in [0.5, 0.6) is 0 Å². The lowest BCUT2D eigenvalue weighted by Crippen LogP contribution is -2.07. The molecule has 3 nitrogen and oxygen atoms in total. The minimum Gasteiger partial charge on any atom is -0.282 e. The minimum atomic E-state index is -4.18. The van der Waals surface area contributed by atoms with Crippen LogP contribution in [0, 0.1) is 0 Å². The maximum atomic E-state index is 12.1. The maximum Gasteiger partial charge on any atom is 0.294 e. The molecule has 1 N–H and O–H groups in total. The second-order valence-corrected chi connectivity index (χ2v) is 13.7. The van der Waals surface area contributed by atoms with Crippen molar-refractivity contribution in [3.8, 4) is 0 Å². The summed E-state index contributed by atoms with van der Waals surface area (Å²) in [6.45, 7) is 4.55. The van der Waals surface area contributed by atoms with E-state index >= 15 is 0 Å². The highest BCUT2D eigenvalue weighted by atomic mass is 32.2. The molecule has 1 aromatic rings. The largest absolute Gasteiger partial charge is 0.294 e. The van der Waals surface area contributed by atoms with E-state index < -0.39 is 10.1 Å². The average molecular weight is 579 g/mol. The van der Waals surface area contributed by atoms with Crippen molar-refractivity contribution >= 4 is 10.1 Å². The zero-order chi connectivity index (χ0) is 29.2. The normalized spacial score (nSPS) is 11.9. The van der Waals surface area contributed by atoms with E-state index in [-0.39, 0.29) is 4.90 Å². The van der Waals surface area contributed by atoms with Crippen LogP contribution in [0.15, 0.2) is 23.1 Å². The van der Waals surface area contributed by atoms with E-state index in [1.54, 1.807) is 12.1 Å². The lowest BCUT2D eigenvalue weighted by atomic mass is 9.96. The Hall–Kier alpha value is -0.870. The van der Waals surface area contributed by atoms with Gasteiger partial charge >= 0.3 is 0 Å². The van der Waals surface area contributed by atoms with Gasteiger partial charge in [0.05, 0.1) is 4.90 Å². The molecule has 0 unspecified atom stereocenters. The van der Waals surface area contributed by atoms with E-state index in [0.29, 0.717) is 0 Å². The third kappa shape index (κ3) is 20.1. The molecule has 0 fully saturated rings. The topological polar surface area (TPSA) is 54.4 Å². The summed E-state index contributed by atoms with van der Waals surface area (Å²) >= 11 is 0. The molecule has 40 heavy (non-hydrogen) atoms. The minimum absolute atomic E-state index is 0.138. The highest BCUT2D eigenvalue weighted by Gasteiger charge is 2.17. The molecule has 0 bridgehead atoms. The van der Waals surface area contributed by atoms with Gasteiger partial charge in [0.15, 0.2) is 0 Å². The summed E-state index contributed by atoms with van der Waals surface area (Å²) in [5, 5.41) is 0. The molecule has 0 aliphatic rings. The fourth-order valence-corrected chi connectivity index (χ4v) is 6.82. The molecule has 0 spiro atoms. The Morgan fingerprint density at radius 3 is 1.15 bits per heavy atom. The van der Waals surface area contributed by atoms with E-state index in [4.69, 9.17) is 0 Å². The van der Waals surface area contributed by atoms with Gasteiger partial charge < -0.3 is 0 Å². The summed E-state index contributed by atoms with van der Waals surface area (Å²) < 4.78 is 34.0. The second-order valence-electron chi connectivity index (χ2n) is 12.4. The molecule has 0 amide bonds. The molecule has 1 rings (SSSR count). The SMILES string of the molecule is CCCCCCCCCCCCCCCc1cccc(S(=O)(=O)O)c1CCCCCCCCCCCCCCC. The Labute approximate surface area is 250 Å². The number of benzene rings is 1. The van der Waals surface area contributed by atoms with Gasteiger partial charge in [0.25, 0.3) is 10.1 Å². The van der Waals surface area contributed by atoms with Gasteiger partial charge in [0.2, 0.25) is 0 Å². The lowest BCUT2D eigenvalue weighted by Gasteiger charge is -2.14. The monoisotopic (exact) mass is 578 g/mol. The Morgan fingerprint density at radius 2 is 0.800 bits per heavy atom. The molecule has 0 saturated carbocycles. The zero-order valence-corrected chi connectivity index (χ0v) is 27.5. The molecule has 0 heterocycles. The first-order chi connectivity index (χ1) is 19.5.